The Kier molecular flexibility index (Phi) is 3.85. The van der Waals surface area contributed by atoms with E-state index >= 15 is 0 Å². The minimum Gasteiger partial charge on any atom is -0.388 e. The summed E-state index contributed by atoms with van der Waals surface area (Å²) < 4.78 is 0. The number of rotatable bonds is 3. The lowest BCUT2D eigenvalue weighted by atomic mass is 10.1. The Bertz CT molecular complexity index is 394. The van der Waals surface area contributed by atoms with E-state index in [1.807, 2.05) is 19.1 Å². The van der Waals surface area contributed by atoms with Crippen LogP contribution in [0.5, 0.6) is 0 Å². The van der Waals surface area contributed by atoms with Crippen LogP contribution in [-0.2, 0) is 0 Å². The van der Waals surface area contributed by atoms with Gasteiger partial charge in [0.15, 0.2) is 0 Å². The molecular weight excluding hydrogens is 210 g/mol. The Labute approximate surface area is 104 Å². The van der Waals surface area contributed by atoms with Crippen LogP contribution in [0.2, 0.25) is 0 Å². The van der Waals surface area contributed by atoms with Crippen molar-refractivity contribution in [3.63, 3.8) is 0 Å². The maximum atomic E-state index is 9.75. The minimum absolute atomic E-state index is 0.327. The third kappa shape index (κ3) is 2.89. The molecule has 0 spiro atoms. The van der Waals surface area contributed by atoms with Crippen LogP contribution in [0.4, 0.5) is 5.69 Å². The number of aliphatic hydroxyl groups is 1. The molecule has 0 bridgehead atoms. The lowest BCUT2D eigenvalue weighted by Gasteiger charge is -2.28. The molecule has 1 atom stereocenters. The predicted octanol–water partition coefficient (Wildman–Crippen LogP) is 3.29. The van der Waals surface area contributed by atoms with Crippen molar-refractivity contribution < 1.29 is 5.11 Å². The van der Waals surface area contributed by atoms with Gasteiger partial charge in [-0.1, -0.05) is 30.7 Å². The maximum Gasteiger partial charge on any atom is 0.0787 e. The molecule has 1 aliphatic heterocycles. The van der Waals surface area contributed by atoms with Gasteiger partial charge in [-0.25, -0.2) is 0 Å². The smallest absolute Gasteiger partial charge is 0.0787 e. The Morgan fingerprint density at radius 2 is 2.00 bits per heavy atom. The standard InChI is InChI=1S/C15H21NO/c1-3-15(17)13-6-8-14(9-7-13)16-10-4-5-12(2)11-16/h5-9,15,17H,3-4,10-11H2,1-2H3/t15-/m0/s1. The number of hydrogen-bond acceptors (Lipinski definition) is 2. The number of nitrogens with zero attached hydrogens (tertiary/aromatic N) is 1. The first-order chi connectivity index (χ1) is 8.20. The minimum atomic E-state index is -0.327. The van der Waals surface area contributed by atoms with Gasteiger partial charge in [0.2, 0.25) is 0 Å². The van der Waals surface area contributed by atoms with E-state index in [0.29, 0.717) is 0 Å². The molecule has 0 aliphatic carbocycles. The largest absolute Gasteiger partial charge is 0.388 e. The van der Waals surface area contributed by atoms with Gasteiger partial charge in [0.1, 0.15) is 0 Å². The monoisotopic (exact) mass is 231 g/mol. The Morgan fingerprint density at radius 1 is 1.29 bits per heavy atom. The Morgan fingerprint density at radius 3 is 2.59 bits per heavy atom. The summed E-state index contributed by atoms with van der Waals surface area (Å²) >= 11 is 0. The molecule has 0 fully saturated rings. The fourth-order valence-electron chi connectivity index (χ4n) is 2.27. The second-order valence-corrected chi connectivity index (χ2v) is 4.78. The first-order valence-electron chi connectivity index (χ1n) is 6.39. The fraction of sp³-hybridized carbons (Fsp3) is 0.467. The lowest BCUT2D eigenvalue weighted by molar-refractivity contribution is 0.173. The summed E-state index contributed by atoms with van der Waals surface area (Å²) in [5, 5.41) is 9.75. The van der Waals surface area contributed by atoms with Gasteiger partial charge in [0.05, 0.1) is 6.10 Å². The number of hydrogen-bond donors (Lipinski definition) is 1. The zero-order valence-electron chi connectivity index (χ0n) is 10.7. The number of benzene rings is 1. The molecule has 2 rings (SSSR count). The van der Waals surface area contributed by atoms with E-state index in [4.69, 9.17) is 0 Å². The van der Waals surface area contributed by atoms with Crippen LogP contribution in [0, 0.1) is 0 Å². The molecule has 0 radical (unpaired) electrons. The van der Waals surface area contributed by atoms with E-state index in [9.17, 15) is 5.11 Å². The van der Waals surface area contributed by atoms with Crippen molar-refractivity contribution in [2.24, 2.45) is 0 Å². The lowest BCUT2D eigenvalue weighted by Crippen LogP contribution is -2.28. The van der Waals surface area contributed by atoms with Crippen LogP contribution < -0.4 is 4.90 Å². The van der Waals surface area contributed by atoms with Crippen LogP contribution in [0.3, 0.4) is 0 Å². The van der Waals surface area contributed by atoms with Gasteiger partial charge in [-0.15, -0.1) is 0 Å². The summed E-state index contributed by atoms with van der Waals surface area (Å²) in [6, 6.07) is 8.31. The van der Waals surface area contributed by atoms with Crippen LogP contribution in [0.25, 0.3) is 0 Å². The summed E-state index contributed by atoms with van der Waals surface area (Å²) in [6.07, 6.45) is 3.88. The molecule has 2 heteroatoms. The van der Waals surface area contributed by atoms with E-state index in [1.165, 1.54) is 11.3 Å². The van der Waals surface area contributed by atoms with Crippen LogP contribution >= 0.6 is 0 Å². The van der Waals surface area contributed by atoms with Crippen molar-refractivity contribution in [1.29, 1.82) is 0 Å². The van der Waals surface area contributed by atoms with E-state index < -0.39 is 0 Å². The van der Waals surface area contributed by atoms with Crippen molar-refractivity contribution in [2.45, 2.75) is 32.8 Å². The zero-order chi connectivity index (χ0) is 12.3. The van der Waals surface area contributed by atoms with Crippen molar-refractivity contribution in [1.82, 2.24) is 0 Å². The summed E-state index contributed by atoms with van der Waals surface area (Å²) in [4.78, 5) is 2.39. The fourth-order valence-corrected chi connectivity index (χ4v) is 2.27. The molecule has 0 amide bonds. The molecule has 0 saturated carbocycles. The maximum absolute atomic E-state index is 9.75. The molecule has 1 aromatic carbocycles. The SMILES string of the molecule is CC[C@H](O)c1ccc(N2CCC=C(C)C2)cc1. The zero-order valence-corrected chi connectivity index (χ0v) is 10.7. The normalized spacial score (nSPS) is 17.8. The predicted molar refractivity (Wildman–Crippen MR) is 72.3 cm³/mol. The average Bonchev–Trinajstić information content (AvgIpc) is 2.38. The highest BCUT2D eigenvalue weighted by Crippen LogP contribution is 2.23. The molecule has 1 heterocycles. The van der Waals surface area contributed by atoms with E-state index in [0.717, 1.165) is 31.5 Å². The Balaban J connectivity index is 2.10. The average molecular weight is 231 g/mol. The summed E-state index contributed by atoms with van der Waals surface area (Å²) in [5.74, 6) is 0. The third-order valence-electron chi connectivity index (χ3n) is 3.36. The highest BCUT2D eigenvalue weighted by Gasteiger charge is 2.11. The van der Waals surface area contributed by atoms with Gasteiger partial charge in [-0.2, -0.15) is 0 Å². The molecule has 1 N–H and O–H groups in total. The summed E-state index contributed by atoms with van der Waals surface area (Å²) in [7, 11) is 0. The molecule has 1 aliphatic rings. The first kappa shape index (κ1) is 12.2. The second-order valence-electron chi connectivity index (χ2n) is 4.78. The topological polar surface area (TPSA) is 23.5 Å². The van der Waals surface area contributed by atoms with E-state index in [-0.39, 0.29) is 6.10 Å². The van der Waals surface area contributed by atoms with Crippen molar-refractivity contribution >= 4 is 5.69 Å². The molecule has 0 unspecified atom stereocenters. The highest BCUT2D eigenvalue weighted by molar-refractivity contribution is 5.49. The molecule has 2 nitrogen and oxygen atoms in total. The van der Waals surface area contributed by atoms with E-state index in [1.54, 1.807) is 0 Å². The molecule has 17 heavy (non-hydrogen) atoms. The summed E-state index contributed by atoms with van der Waals surface area (Å²) in [5.41, 5.74) is 3.71. The van der Waals surface area contributed by atoms with Gasteiger partial charge in [0, 0.05) is 18.8 Å². The quantitative estimate of drug-likeness (QED) is 0.807. The molecular formula is C15H21NO. The Hall–Kier alpha value is -1.28. The van der Waals surface area contributed by atoms with Gasteiger partial charge in [-0.05, 0) is 37.5 Å². The van der Waals surface area contributed by atoms with Crippen LogP contribution in [-0.4, -0.2) is 18.2 Å². The third-order valence-corrected chi connectivity index (χ3v) is 3.36. The summed E-state index contributed by atoms with van der Waals surface area (Å²) in [6.45, 7) is 6.29. The van der Waals surface area contributed by atoms with Crippen molar-refractivity contribution in [3.8, 4) is 0 Å². The van der Waals surface area contributed by atoms with E-state index in [2.05, 4.69) is 30.0 Å². The van der Waals surface area contributed by atoms with Gasteiger partial charge in [-0.3, -0.25) is 0 Å². The molecule has 1 aromatic rings. The molecule has 0 saturated heterocycles. The first-order valence-corrected chi connectivity index (χ1v) is 6.39. The number of aliphatic hydroxyl groups excluding tert-OH is 1. The van der Waals surface area contributed by atoms with Crippen LogP contribution in [0.15, 0.2) is 35.9 Å². The van der Waals surface area contributed by atoms with Crippen molar-refractivity contribution in [2.75, 3.05) is 18.0 Å². The van der Waals surface area contributed by atoms with Crippen molar-refractivity contribution in [3.05, 3.63) is 41.5 Å². The van der Waals surface area contributed by atoms with Gasteiger partial charge in [0.25, 0.3) is 0 Å². The molecule has 92 valence electrons. The second kappa shape index (κ2) is 5.37. The number of anilines is 1. The highest BCUT2D eigenvalue weighted by atomic mass is 16.3. The molecule has 0 aromatic heterocycles. The van der Waals surface area contributed by atoms with Crippen LogP contribution in [0.1, 0.15) is 38.4 Å². The van der Waals surface area contributed by atoms with Gasteiger partial charge >= 0.3 is 0 Å². The van der Waals surface area contributed by atoms with Gasteiger partial charge < -0.3 is 10.0 Å².